The number of ether oxygens (including phenoxy) is 3. The molecule has 2 aromatic rings. The van der Waals surface area contributed by atoms with Crippen molar-refractivity contribution in [1.29, 1.82) is 0 Å². The molecule has 0 fully saturated rings. The zero-order chi connectivity index (χ0) is 20.6. The maximum Gasteiger partial charge on any atom is 0.326 e. The molecular weight excluding hydrogens is 389 g/mol. The average molecular weight is 411 g/mol. The van der Waals surface area contributed by atoms with Gasteiger partial charge in [0.15, 0.2) is 0 Å². The van der Waals surface area contributed by atoms with Crippen molar-refractivity contribution in [3.05, 3.63) is 54.3 Å². The van der Waals surface area contributed by atoms with Gasteiger partial charge in [0, 0.05) is 7.11 Å². The van der Waals surface area contributed by atoms with Gasteiger partial charge in [-0.3, -0.25) is 9.10 Å². The number of esters is 1. The number of sulfonamides is 1. The van der Waals surface area contributed by atoms with E-state index in [0.717, 1.165) is 16.4 Å². The van der Waals surface area contributed by atoms with E-state index < -0.39 is 28.4 Å². The van der Waals surface area contributed by atoms with Crippen LogP contribution < -0.4 is 9.04 Å². The highest BCUT2D eigenvalue weighted by Crippen LogP contribution is 2.25. The number of benzene rings is 2. The summed E-state index contributed by atoms with van der Waals surface area (Å²) in [6.07, 6.45) is 0. The lowest BCUT2D eigenvalue weighted by molar-refractivity contribution is -0.141. The van der Waals surface area contributed by atoms with E-state index in [2.05, 4.69) is 0 Å². The predicted octanol–water partition coefficient (Wildman–Crippen LogP) is 2.61. The highest BCUT2D eigenvalue weighted by atomic mass is 32.2. The fourth-order valence-electron chi connectivity index (χ4n) is 2.32. The van der Waals surface area contributed by atoms with E-state index in [1.807, 2.05) is 0 Å². The average Bonchev–Trinajstić information content (AvgIpc) is 2.68. The molecule has 0 N–H and O–H groups in total. The molecule has 2 rings (SSSR count). The molecule has 7 nitrogen and oxygen atoms in total. The van der Waals surface area contributed by atoms with Crippen molar-refractivity contribution >= 4 is 21.7 Å². The number of methoxy groups -OCH3 is 1. The first kappa shape index (κ1) is 21.6. The third kappa shape index (κ3) is 5.67. The maximum absolute atomic E-state index is 13.2. The van der Waals surface area contributed by atoms with Crippen molar-refractivity contribution in [3.63, 3.8) is 0 Å². The standard InChI is InChI=1S/C19H22FNO6S/c1-3-26-19(22)14-21(16-6-4-15(20)5-7-16)28(23,24)18-10-8-17(9-11-18)27-13-12-25-2/h4-11H,3,12-14H2,1-2H3. The lowest BCUT2D eigenvalue weighted by atomic mass is 10.3. The Morgan fingerprint density at radius 3 is 2.25 bits per heavy atom. The van der Waals surface area contributed by atoms with Gasteiger partial charge in [0.05, 0.1) is 23.8 Å². The third-order valence-corrected chi connectivity index (χ3v) is 5.45. The Balaban J connectivity index is 2.31. The molecule has 0 heterocycles. The molecule has 0 saturated carbocycles. The molecule has 2 aromatic carbocycles. The van der Waals surface area contributed by atoms with Crippen LogP contribution in [0.25, 0.3) is 0 Å². The fourth-order valence-corrected chi connectivity index (χ4v) is 3.73. The van der Waals surface area contributed by atoms with Gasteiger partial charge in [0.1, 0.15) is 24.7 Å². The molecule has 0 aliphatic rings. The Kier molecular flexibility index (Phi) is 7.77. The summed E-state index contributed by atoms with van der Waals surface area (Å²) in [6, 6.07) is 10.6. The van der Waals surface area contributed by atoms with Gasteiger partial charge in [0.25, 0.3) is 10.0 Å². The summed E-state index contributed by atoms with van der Waals surface area (Å²) in [5, 5.41) is 0. The Morgan fingerprint density at radius 1 is 1.04 bits per heavy atom. The van der Waals surface area contributed by atoms with Gasteiger partial charge in [-0.05, 0) is 55.5 Å². The molecule has 0 spiro atoms. The van der Waals surface area contributed by atoms with Gasteiger partial charge in [-0.1, -0.05) is 0 Å². The zero-order valence-electron chi connectivity index (χ0n) is 15.6. The lowest BCUT2D eigenvalue weighted by Gasteiger charge is -2.23. The van der Waals surface area contributed by atoms with Crippen LogP contribution in [-0.4, -0.2) is 47.9 Å². The fraction of sp³-hybridized carbons (Fsp3) is 0.316. The summed E-state index contributed by atoms with van der Waals surface area (Å²) < 4.78 is 55.5. The number of nitrogens with zero attached hydrogens (tertiary/aromatic N) is 1. The van der Waals surface area contributed by atoms with E-state index in [9.17, 15) is 17.6 Å². The number of hydrogen-bond acceptors (Lipinski definition) is 6. The van der Waals surface area contributed by atoms with Crippen molar-refractivity contribution in [2.75, 3.05) is 37.8 Å². The molecule has 0 aromatic heterocycles. The van der Waals surface area contributed by atoms with Gasteiger partial charge in [0.2, 0.25) is 0 Å². The molecule has 0 aliphatic heterocycles. The van der Waals surface area contributed by atoms with Crippen molar-refractivity contribution in [2.45, 2.75) is 11.8 Å². The molecule has 0 unspecified atom stereocenters. The molecule has 0 radical (unpaired) electrons. The van der Waals surface area contributed by atoms with Crippen molar-refractivity contribution in [3.8, 4) is 5.75 Å². The van der Waals surface area contributed by atoms with Gasteiger partial charge >= 0.3 is 5.97 Å². The van der Waals surface area contributed by atoms with Crippen molar-refractivity contribution < 1.29 is 31.8 Å². The van der Waals surface area contributed by atoms with E-state index >= 15 is 0 Å². The zero-order valence-corrected chi connectivity index (χ0v) is 16.4. The molecular formula is C19H22FNO6S. The third-order valence-electron chi connectivity index (χ3n) is 3.66. The minimum atomic E-state index is -4.09. The first-order chi connectivity index (χ1) is 13.4. The maximum atomic E-state index is 13.2. The van der Waals surface area contributed by atoms with Crippen LogP contribution in [0.3, 0.4) is 0 Å². The molecule has 0 saturated heterocycles. The predicted molar refractivity (Wildman–Crippen MR) is 101 cm³/mol. The minimum absolute atomic E-state index is 0.0415. The smallest absolute Gasteiger partial charge is 0.326 e. The summed E-state index contributed by atoms with van der Waals surface area (Å²) in [5.41, 5.74) is 0.148. The van der Waals surface area contributed by atoms with Crippen LogP contribution in [0.5, 0.6) is 5.75 Å². The molecule has 0 bridgehead atoms. The molecule has 152 valence electrons. The molecule has 0 aliphatic carbocycles. The van der Waals surface area contributed by atoms with Gasteiger partial charge in [-0.2, -0.15) is 0 Å². The number of anilines is 1. The molecule has 0 atom stereocenters. The monoisotopic (exact) mass is 411 g/mol. The van der Waals surface area contributed by atoms with E-state index in [0.29, 0.717) is 19.0 Å². The quantitative estimate of drug-likeness (QED) is 0.442. The summed E-state index contributed by atoms with van der Waals surface area (Å²) in [4.78, 5) is 11.9. The Hall–Kier alpha value is -2.65. The number of halogens is 1. The number of rotatable bonds is 10. The lowest BCUT2D eigenvalue weighted by Crippen LogP contribution is -2.36. The number of carbonyl (C=O) groups excluding carboxylic acids is 1. The van der Waals surface area contributed by atoms with E-state index in [-0.39, 0.29) is 17.2 Å². The summed E-state index contributed by atoms with van der Waals surface area (Å²) >= 11 is 0. The van der Waals surface area contributed by atoms with Crippen LogP contribution in [-0.2, 0) is 24.3 Å². The van der Waals surface area contributed by atoms with Crippen LogP contribution in [0.2, 0.25) is 0 Å². The van der Waals surface area contributed by atoms with Crippen LogP contribution in [0, 0.1) is 5.82 Å². The van der Waals surface area contributed by atoms with Gasteiger partial charge in [-0.15, -0.1) is 0 Å². The van der Waals surface area contributed by atoms with Crippen LogP contribution in [0.1, 0.15) is 6.92 Å². The Morgan fingerprint density at radius 2 is 1.68 bits per heavy atom. The second-order valence-electron chi connectivity index (χ2n) is 5.61. The first-order valence-corrected chi connectivity index (χ1v) is 9.98. The van der Waals surface area contributed by atoms with E-state index in [4.69, 9.17) is 14.2 Å². The van der Waals surface area contributed by atoms with Gasteiger partial charge < -0.3 is 14.2 Å². The Bertz CT molecular complexity index is 868. The molecule has 0 amide bonds. The Labute approximate surface area is 163 Å². The molecule has 9 heteroatoms. The largest absolute Gasteiger partial charge is 0.491 e. The topological polar surface area (TPSA) is 82.1 Å². The summed E-state index contributed by atoms with van der Waals surface area (Å²) in [6.45, 7) is 1.93. The van der Waals surface area contributed by atoms with Crippen LogP contribution >= 0.6 is 0 Å². The van der Waals surface area contributed by atoms with Crippen molar-refractivity contribution in [1.82, 2.24) is 0 Å². The second kappa shape index (κ2) is 10.0. The highest BCUT2D eigenvalue weighted by Gasteiger charge is 2.27. The van der Waals surface area contributed by atoms with E-state index in [1.165, 1.54) is 36.4 Å². The minimum Gasteiger partial charge on any atom is -0.491 e. The summed E-state index contributed by atoms with van der Waals surface area (Å²) in [5.74, 6) is -0.751. The number of hydrogen-bond donors (Lipinski definition) is 0. The molecule has 28 heavy (non-hydrogen) atoms. The number of carbonyl (C=O) groups is 1. The van der Waals surface area contributed by atoms with Crippen LogP contribution in [0.4, 0.5) is 10.1 Å². The normalized spacial score (nSPS) is 11.1. The first-order valence-electron chi connectivity index (χ1n) is 8.54. The van der Waals surface area contributed by atoms with E-state index in [1.54, 1.807) is 14.0 Å². The van der Waals surface area contributed by atoms with Gasteiger partial charge in [-0.25, -0.2) is 12.8 Å². The highest BCUT2D eigenvalue weighted by molar-refractivity contribution is 7.92. The van der Waals surface area contributed by atoms with Crippen LogP contribution in [0.15, 0.2) is 53.4 Å². The van der Waals surface area contributed by atoms with Crippen molar-refractivity contribution in [2.24, 2.45) is 0 Å². The SMILES string of the molecule is CCOC(=O)CN(c1ccc(F)cc1)S(=O)(=O)c1ccc(OCCOC)cc1. The summed E-state index contributed by atoms with van der Waals surface area (Å²) in [7, 11) is -2.54. The second-order valence-corrected chi connectivity index (χ2v) is 7.47.